The van der Waals surface area contributed by atoms with Crippen LogP contribution < -0.4 is 10.2 Å². The lowest BCUT2D eigenvalue weighted by molar-refractivity contribution is 0.252. The van der Waals surface area contributed by atoms with Gasteiger partial charge in [-0.05, 0) is 12.1 Å². The molecular formula is C8H8FN3O. The van der Waals surface area contributed by atoms with Crippen LogP contribution in [0.25, 0.3) is 0 Å². The number of hydrogen-bond donors (Lipinski definition) is 1. The maximum atomic E-state index is 12.7. The van der Waals surface area contributed by atoms with Gasteiger partial charge in [0.1, 0.15) is 5.82 Å². The zero-order chi connectivity index (χ0) is 9.26. The van der Waals surface area contributed by atoms with Crippen LogP contribution in [0.5, 0.6) is 0 Å². The average Bonchev–Trinajstić information content (AvgIpc) is 2.51. The predicted molar refractivity (Wildman–Crippen MR) is 44.9 cm³/mol. The number of carbonyl (C=O) groups is 1. The third-order valence-electron chi connectivity index (χ3n) is 1.83. The van der Waals surface area contributed by atoms with Gasteiger partial charge in [-0.1, -0.05) is 6.07 Å². The standard InChI is InChI=1S/C8H8FN3O/c9-6-2-1-3-7(11-6)12-5-4-10-8(12)13/h1-3H,4-5H2,(H,10,13). The van der Waals surface area contributed by atoms with Crippen LogP contribution in [0.2, 0.25) is 0 Å². The molecule has 2 rings (SSSR count). The van der Waals surface area contributed by atoms with Crippen molar-refractivity contribution in [2.45, 2.75) is 0 Å². The van der Waals surface area contributed by atoms with Gasteiger partial charge in [-0.25, -0.2) is 9.78 Å². The maximum Gasteiger partial charge on any atom is 0.323 e. The van der Waals surface area contributed by atoms with Gasteiger partial charge in [-0.3, -0.25) is 4.90 Å². The van der Waals surface area contributed by atoms with Crippen LogP contribution in [0.1, 0.15) is 0 Å². The van der Waals surface area contributed by atoms with Crippen molar-refractivity contribution in [1.82, 2.24) is 10.3 Å². The van der Waals surface area contributed by atoms with E-state index in [0.717, 1.165) is 0 Å². The Morgan fingerprint density at radius 3 is 3.00 bits per heavy atom. The molecular weight excluding hydrogens is 173 g/mol. The Morgan fingerprint density at radius 1 is 1.54 bits per heavy atom. The molecule has 1 N–H and O–H groups in total. The van der Waals surface area contributed by atoms with E-state index < -0.39 is 5.95 Å². The van der Waals surface area contributed by atoms with E-state index in [1.165, 1.54) is 17.0 Å². The SMILES string of the molecule is O=C1NCCN1c1cccc(F)n1. The molecule has 0 radical (unpaired) electrons. The number of carbonyl (C=O) groups excluding carboxylic acids is 1. The topological polar surface area (TPSA) is 45.2 Å². The first kappa shape index (κ1) is 7.97. The molecule has 0 atom stereocenters. The molecule has 5 heteroatoms. The quantitative estimate of drug-likeness (QED) is 0.650. The molecule has 4 nitrogen and oxygen atoms in total. The highest BCUT2D eigenvalue weighted by atomic mass is 19.1. The molecule has 13 heavy (non-hydrogen) atoms. The van der Waals surface area contributed by atoms with Gasteiger partial charge >= 0.3 is 6.03 Å². The van der Waals surface area contributed by atoms with Gasteiger partial charge < -0.3 is 5.32 Å². The number of aromatic nitrogens is 1. The third kappa shape index (κ3) is 1.44. The summed E-state index contributed by atoms with van der Waals surface area (Å²) in [6, 6.07) is 4.16. The van der Waals surface area contributed by atoms with Gasteiger partial charge in [-0.2, -0.15) is 4.39 Å². The fraction of sp³-hybridized carbons (Fsp3) is 0.250. The monoisotopic (exact) mass is 181 g/mol. The average molecular weight is 181 g/mol. The van der Waals surface area contributed by atoms with Gasteiger partial charge in [0.15, 0.2) is 0 Å². The summed E-state index contributed by atoms with van der Waals surface area (Å²) in [4.78, 5) is 16.1. The van der Waals surface area contributed by atoms with Crippen molar-refractivity contribution < 1.29 is 9.18 Å². The fourth-order valence-corrected chi connectivity index (χ4v) is 1.24. The molecule has 1 aromatic rings. The van der Waals surface area contributed by atoms with E-state index >= 15 is 0 Å². The molecule has 0 aliphatic carbocycles. The minimum absolute atomic E-state index is 0.224. The summed E-state index contributed by atoms with van der Waals surface area (Å²) in [5, 5.41) is 2.61. The highest BCUT2D eigenvalue weighted by Crippen LogP contribution is 2.12. The first-order valence-electron chi connectivity index (χ1n) is 3.95. The summed E-state index contributed by atoms with van der Waals surface area (Å²) in [5.74, 6) is -0.216. The molecule has 1 fully saturated rings. The zero-order valence-electron chi connectivity index (χ0n) is 6.83. The Balaban J connectivity index is 2.29. The Morgan fingerprint density at radius 2 is 2.38 bits per heavy atom. The lowest BCUT2D eigenvalue weighted by atomic mass is 10.4. The highest BCUT2D eigenvalue weighted by molar-refractivity contribution is 5.92. The second kappa shape index (κ2) is 3.01. The van der Waals surface area contributed by atoms with Crippen LogP contribution in [0.3, 0.4) is 0 Å². The molecule has 1 aromatic heterocycles. The Kier molecular flexibility index (Phi) is 1.84. The van der Waals surface area contributed by atoms with Gasteiger partial charge in [0.25, 0.3) is 0 Å². The van der Waals surface area contributed by atoms with E-state index in [1.54, 1.807) is 6.07 Å². The number of rotatable bonds is 1. The van der Waals surface area contributed by atoms with E-state index in [-0.39, 0.29) is 6.03 Å². The molecule has 68 valence electrons. The lowest BCUT2D eigenvalue weighted by Gasteiger charge is -2.11. The number of amides is 2. The first-order valence-corrected chi connectivity index (χ1v) is 3.95. The van der Waals surface area contributed by atoms with Crippen LogP contribution in [0.4, 0.5) is 15.0 Å². The van der Waals surface area contributed by atoms with E-state index in [4.69, 9.17) is 0 Å². The number of anilines is 1. The minimum Gasteiger partial charge on any atom is -0.336 e. The Labute approximate surface area is 74.4 Å². The summed E-state index contributed by atoms with van der Waals surface area (Å²) >= 11 is 0. The van der Waals surface area contributed by atoms with Crippen molar-refractivity contribution in [3.63, 3.8) is 0 Å². The number of nitrogens with one attached hydrogen (secondary N) is 1. The summed E-state index contributed by atoms with van der Waals surface area (Å²) in [6.07, 6.45) is 0. The predicted octanol–water partition coefficient (Wildman–Crippen LogP) is 0.750. The van der Waals surface area contributed by atoms with Crippen LogP contribution >= 0.6 is 0 Å². The van der Waals surface area contributed by atoms with Crippen molar-refractivity contribution in [1.29, 1.82) is 0 Å². The van der Waals surface area contributed by atoms with E-state index in [2.05, 4.69) is 10.3 Å². The molecule has 0 spiro atoms. The van der Waals surface area contributed by atoms with Gasteiger partial charge in [0, 0.05) is 13.1 Å². The van der Waals surface area contributed by atoms with Crippen molar-refractivity contribution in [2.75, 3.05) is 18.0 Å². The molecule has 2 heterocycles. The van der Waals surface area contributed by atoms with Crippen molar-refractivity contribution in [3.05, 3.63) is 24.1 Å². The highest BCUT2D eigenvalue weighted by Gasteiger charge is 2.22. The van der Waals surface area contributed by atoms with Gasteiger partial charge in [0.05, 0.1) is 0 Å². The number of urea groups is 1. The molecule has 0 unspecified atom stereocenters. The Bertz CT molecular complexity index is 342. The van der Waals surface area contributed by atoms with E-state index in [1.807, 2.05) is 0 Å². The number of hydrogen-bond acceptors (Lipinski definition) is 2. The largest absolute Gasteiger partial charge is 0.336 e. The molecule has 1 saturated heterocycles. The van der Waals surface area contributed by atoms with Crippen LogP contribution in [0, 0.1) is 5.95 Å². The minimum atomic E-state index is -0.572. The molecule has 0 bridgehead atoms. The first-order chi connectivity index (χ1) is 6.27. The molecule has 2 amide bonds. The van der Waals surface area contributed by atoms with Gasteiger partial charge in [0.2, 0.25) is 5.95 Å². The van der Waals surface area contributed by atoms with Crippen molar-refractivity contribution in [3.8, 4) is 0 Å². The smallest absolute Gasteiger partial charge is 0.323 e. The van der Waals surface area contributed by atoms with Gasteiger partial charge in [-0.15, -0.1) is 0 Å². The zero-order valence-corrected chi connectivity index (χ0v) is 6.83. The fourth-order valence-electron chi connectivity index (χ4n) is 1.24. The molecule has 1 aliphatic heterocycles. The Hall–Kier alpha value is -1.65. The van der Waals surface area contributed by atoms with Crippen molar-refractivity contribution >= 4 is 11.8 Å². The number of pyridine rings is 1. The number of halogens is 1. The van der Waals surface area contributed by atoms with Crippen LogP contribution in [-0.4, -0.2) is 24.1 Å². The summed E-state index contributed by atoms with van der Waals surface area (Å²) in [5.41, 5.74) is 0. The molecule has 0 aromatic carbocycles. The summed E-state index contributed by atoms with van der Waals surface area (Å²) in [6.45, 7) is 1.12. The van der Waals surface area contributed by atoms with E-state index in [9.17, 15) is 9.18 Å². The van der Waals surface area contributed by atoms with Crippen LogP contribution in [-0.2, 0) is 0 Å². The third-order valence-corrected chi connectivity index (χ3v) is 1.83. The maximum absolute atomic E-state index is 12.7. The number of nitrogens with zero attached hydrogens (tertiary/aromatic N) is 2. The van der Waals surface area contributed by atoms with E-state index in [0.29, 0.717) is 18.9 Å². The normalized spacial score (nSPS) is 16.1. The second-order valence-electron chi connectivity index (χ2n) is 2.70. The second-order valence-corrected chi connectivity index (χ2v) is 2.70. The molecule has 1 aliphatic rings. The summed E-state index contributed by atoms with van der Waals surface area (Å²) < 4.78 is 12.7. The lowest BCUT2D eigenvalue weighted by Crippen LogP contribution is -2.28. The summed E-state index contributed by atoms with van der Waals surface area (Å²) in [7, 11) is 0. The molecule has 0 saturated carbocycles. The van der Waals surface area contributed by atoms with Crippen molar-refractivity contribution in [2.24, 2.45) is 0 Å². The van der Waals surface area contributed by atoms with Crippen LogP contribution in [0.15, 0.2) is 18.2 Å².